The second-order valence-electron chi connectivity index (χ2n) is 7.30. The Hall–Kier alpha value is -1.68. The number of aliphatic hydroxyl groups excluding tert-OH is 1. The van der Waals surface area contributed by atoms with Crippen LogP contribution in [0.1, 0.15) is 50.4 Å². The highest BCUT2D eigenvalue weighted by Gasteiger charge is 2.32. The molecule has 2 aromatic rings. The minimum Gasteiger partial charge on any atom is -0.392 e. The van der Waals surface area contributed by atoms with Gasteiger partial charge in [-0.3, -0.25) is 0 Å². The first-order valence-corrected chi connectivity index (χ1v) is 8.14. The van der Waals surface area contributed by atoms with Crippen LogP contribution in [0, 0.1) is 5.41 Å². The molecule has 1 N–H and O–H groups in total. The zero-order valence-corrected chi connectivity index (χ0v) is 13.4. The van der Waals surface area contributed by atoms with E-state index < -0.39 is 6.10 Å². The zero-order valence-electron chi connectivity index (χ0n) is 13.4. The van der Waals surface area contributed by atoms with Crippen LogP contribution in [-0.2, 0) is 12.8 Å². The fourth-order valence-electron chi connectivity index (χ4n) is 3.41. The maximum atomic E-state index is 10.2. The second kappa shape index (κ2) is 6.21. The Balaban J connectivity index is 1.58. The van der Waals surface area contributed by atoms with Gasteiger partial charge in [0.1, 0.15) is 0 Å². The average molecular weight is 299 g/mol. The summed E-state index contributed by atoms with van der Waals surface area (Å²) in [5, 5.41) is 18.8. The summed E-state index contributed by atoms with van der Waals surface area (Å²) in [4.78, 5) is 0. The van der Waals surface area contributed by atoms with E-state index in [2.05, 4.69) is 24.2 Å². The lowest BCUT2D eigenvalue weighted by Crippen LogP contribution is -2.14. The van der Waals surface area contributed by atoms with Crippen LogP contribution in [0.3, 0.4) is 0 Å². The molecule has 4 nitrogen and oxygen atoms in total. The van der Waals surface area contributed by atoms with E-state index in [9.17, 15) is 5.11 Å². The van der Waals surface area contributed by atoms with Crippen molar-refractivity contribution >= 4 is 0 Å². The lowest BCUT2D eigenvalue weighted by atomic mass is 9.92. The molecule has 0 bridgehead atoms. The number of hydrogen-bond acceptors (Lipinski definition) is 3. The summed E-state index contributed by atoms with van der Waals surface area (Å²) in [5.41, 5.74) is 2.44. The van der Waals surface area contributed by atoms with Crippen molar-refractivity contribution in [2.75, 3.05) is 0 Å². The molecule has 1 aromatic heterocycles. The second-order valence-corrected chi connectivity index (χ2v) is 7.30. The van der Waals surface area contributed by atoms with Crippen molar-refractivity contribution < 1.29 is 5.11 Å². The van der Waals surface area contributed by atoms with E-state index in [0.717, 1.165) is 17.7 Å². The monoisotopic (exact) mass is 299 g/mol. The lowest BCUT2D eigenvalue weighted by molar-refractivity contribution is 0.174. The van der Waals surface area contributed by atoms with Gasteiger partial charge in [-0.25, -0.2) is 4.68 Å². The van der Waals surface area contributed by atoms with E-state index in [4.69, 9.17) is 0 Å². The number of hydrogen-bond donors (Lipinski definition) is 1. The van der Waals surface area contributed by atoms with Crippen LogP contribution < -0.4 is 0 Å². The number of benzene rings is 1. The summed E-state index contributed by atoms with van der Waals surface area (Å²) in [6.45, 7) is 4.63. The topological polar surface area (TPSA) is 50.9 Å². The van der Waals surface area contributed by atoms with Gasteiger partial charge in [-0.2, -0.15) is 0 Å². The van der Waals surface area contributed by atoms with Gasteiger partial charge >= 0.3 is 0 Å². The number of aliphatic hydroxyl groups is 1. The van der Waals surface area contributed by atoms with Gasteiger partial charge in [0.2, 0.25) is 0 Å². The predicted molar refractivity (Wildman–Crippen MR) is 86.5 cm³/mol. The minimum absolute atomic E-state index is 0.406. The molecular formula is C18H25N3O. The third-order valence-corrected chi connectivity index (χ3v) is 4.63. The first kappa shape index (κ1) is 15.2. The Morgan fingerprint density at radius 1 is 1.27 bits per heavy atom. The smallest absolute Gasteiger partial charge is 0.0853 e. The standard InChI is InChI=1S/C18H25N3O/c1-18(2)9-8-16(12-18)21-13-15(19-20-21)11-17(22)10-14-6-4-3-5-7-14/h3-7,13,16-17,22H,8-12H2,1-2H3. The van der Waals surface area contributed by atoms with Crippen molar-refractivity contribution in [1.82, 2.24) is 15.0 Å². The Kier molecular flexibility index (Phi) is 4.30. The summed E-state index contributed by atoms with van der Waals surface area (Å²) in [6, 6.07) is 10.5. The molecule has 0 saturated heterocycles. The third-order valence-electron chi connectivity index (χ3n) is 4.63. The van der Waals surface area contributed by atoms with Gasteiger partial charge in [0, 0.05) is 12.6 Å². The predicted octanol–water partition coefficient (Wildman–Crippen LogP) is 3.18. The van der Waals surface area contributed by atoms with Crippen molar-refractivity contribution in [3.63, 3.8) is 0 Å². The van der Waals surface area contributed by atoms with E-state index in [1.165, 1.54) is 12.8 Å². The fourth-order valence-corrected chi connectivity index (χ4v) is 3.41. The molecule has 2 atom stereocenters. The highest BCUT2D eigenvalue weighted by atomic mass is 16.3. The molecule has 0 spiro atoms. The molecule has 118 valence electrons. The van der Waals surface area contributed by atoms with E-state index in [-0.39, 0.29) is 0 Å². The summed E-state index contributed by atoms with van der Waals surface area (Å²) in [5.74, 6) is 0. The van der Waals surface area contributed by atoms with E-state index >= 15 is 0 Å². The Bertz CT molecular complexity index is 606. The summed E-state index contributed by atoms with van der Waals surface area (Å²) in [6.07, 6.45) is 6.39. The third kappa shape index (κ3) is 3.74. The molecule has 0 aliphatic heterocycles. The van der Waals surface area contributed by atoms with Crippen molar-refractivity contribution in [3.05, 3.63) is 47.8 Å². The number of aromatic nitrogens is 3. The molecule has 1 heterocycles. The molecule has 1 fully saturated rings. The molecule has 22 heavy (non-hydrogen) atoms. The SMILES string of the molecule is CC1(C)CCC(n2cc(CC(O)Cc3ccccc3)nn2)C1. The van der Waals surface area contributed by atoms with Crippen LogP contribution >= 0.6 is 0 Å². The molecule has 1 saturated carbocycles. The van der Waals surface area contributed by atoms with E-state index in [0.29, 0.717) is 24.3 Å². The highest BCUT2D eigenvalue weighted by molar-refractivity contribution is 5.16. The number of rotatable bonds is 5. The highest BCUT2D eigenvalue weighted by Crippen LogP contribution is 2.43. The van der Waals surface area contributed by atoms with E-state index in [1.54, 1.807) is 0 Å². The van der Waals surface area contributed by atoms with Crippen molar-refractivity contribution in [3.8, 4) is 0 Å². The molecule has 0 amide bonds. The quantitative estimate of drug-likeness (QED) is 0.922. The molecular weight excluding hydrogens is 274 g/mol. The van der Waals surface area contributed by atoms with E-state index in [1.807, 2.05) is 41.2 Å². The first-order chi connectivity index (χ1) is 10.5. The molecule has 1 aromatic carbocycles. The molecule has 4 heteroatoms. The van der Waals surface area contributed by atoms with Crippen molar-refractivity contribution in [2.45, 2.75) is 58.1 Å². The summed E-state index contributed by atoms with van der Waals surface area (Å²) >= 11 is 0. The van der Waals surface area contributed by atoms with Crippen LogP contribution in [0.25, 0.3) is 0 Å². The molecule has 1 aliphatic rings. The fraction of sp³-hybridized carbons (Fsp3) is 0.556. The van der Waals surface area contributed by atoms with Gasteiger partial charge in [0.05, 0.1) is 17.8 Å². The van der Waals surface area contributed by atoms with Crippen LogP contribution in [-0.4, -0.2) is 26.2 Å². The largest absolute Gasteiger partial charge is 0.392 e. The Morgan fingerprint density at radius 2 is 2.05 bits per heavy atom. The van der Waals surface area contributed by atoms with Gasteiger partial charge in [-0.15, -0.1) is 5.10 Å². The Morgan fingerprint density at radius 3 is 2.73 bits per heavy atom. The van der Waals surface area contributed by atoms with Crippen LogP contribution in [0.5, 0.6) is 0 Å². The van der Waals surface area contributed by atoms with Gasteiger partial charge in [0.15, 0.2) is 0 Å². The average Bonchev–Trinajstić information content (AvgIpc) is 3.06. The zero-order chi connectivity index (χ0) is 15.6. The normalized spacial score (nSPS) is 21.9. The minimum atomic E-state index is -0.410. The maximum absolute atomic E-state index is 10.2. The molecule has 0 radical (unpaired) electrons. The van der Waals surface area contributed by atoms with Crippen LogP contribution in [0.2, 0.25) is 0 Å². The van der Waals surface area contributed by atoms with Crippen molar-refractivity contribution in [2.24, 2.45) is 5.41 Å². The van der Waals surface area contributed by atoms with Gasteiger partial charge in [-0.1, -0.05) is 49.4 Å². The van der Waals surface area contributed by atoms with Crippen molar-refractivity contribution in [1.29, 1.82) is 0 Å². The van der Waals surface area contributed by atoms with Crippen LogP contribution in [0.15, 0.2) is 36.5 Å². The Labute approximate surface area is 132 Å². The molecule has 2 unspecified atom stereocenters. The summed E-state index contributed by atoms with van der Waals surface area (Å²) in [7, 11) is 0. The van der Waals surface area contributed by atoms with Gasteiger partial charge < -0.3 is 5.11 Å². The molecule has 1 aliphatic carbocycles. The lowest BCUT2D eigenvalue weighted by Gasteiger charge is -2.16. The summed E-state index contributed by atoms with van der Waals surface area (Å²) < 4.78 is 2.00. The van der Waals surface area contributed by atoms with Gasteiger partial charge in [-0.05, 0) is 36.7 Å². The molecule has 3 rings (SSSR count). The number of nitrogens with zero attached hydrogens (tertiary/aromatic N) is 3. The van der Waals surface area contributed by atoms with Crippen LogP contribution in [0.4, 0.5) is 0 Å². The van der Waals surface area contributed by atoms with Gasteiger partial charge in [0.25, 0.3) is 0 Å². The maximum Gasteiger partial charge on any atom is 0.0853 e. The first-order valence-electron chi connectivity index (χ1n) is 8.14.